The van der Waals surface area contributed by atoms with E-state index >= 15 is 0 Å². The summed E-state index contributed by atoms with van der Waals surface area (Å²) in [6.45, 7) is 8.10. The van der Waals surface area contributed by atoms with E-state index in [1.54, 1.807) is 6.20 Å². The second kappa shape index (κ2) is 7.32. The maximum absolute atomic E-state index is 11.3. The topological polar surface area (TPSA) is 81.0 Å². The third-order valence-electron chi connectivity index (χ3n) is 3.53. The van der Waals surface area contributed by atoms with Crippen LogP contribution in [0.25, 0.3) is 0 Å². The van der Waals surface area contributed by atoms with Crippen molar-refractivity contribution in [3.63, 3.8) is 0 Å². The third-order valence-corrected chi connectivity index (χ3v) is 4.21. The number of nitrogens with zero attached hydrogens (tertiary/aromatic N) is 3. The van der Waals surface area contributed by atoms with E-state index in [4.69, 9.17) is 23.2 Å². The van der Waals surface area contributed by atoms with E-state index in [0.717, 1.165) is 16.9 Å². The van der Waals surface area contributed by atoms with E-state index in [-0.39, 0.29) is 33.5 Å². The fourth-order valence-electron chi connectivity index (χ4n) is 2.36. The van der Waals surface area contributed by atoms with Gasteiger partial charge in [0.05, 0.1) is 21.3 Å². The van der Waals surface area contributed by atoms with Crippen molar-refractivity contribution >= 4 is 40.4 Å². The minimum Gasteiger partial charge on any atom is -0.333 e. The predicted molar refractivity (Wildman–Crippen MR) is 96.6 cm³/mol. The molecule has 2 heterocycles. The molecule has 24 heavy (non-hydrogen) atoms. The molecule has 128 valence electrons. The highest BCUT2D eigenvalue weighted by atomic mass is 35.5. The van der Waals surface area contributed by atoms with Gasteiger partial charge in [-0.2, -0.15) is 0 Å². The third kappa shape index (κ3) is 3.76. The predicted octanol–water partition coefficient (Wildman–Crippen LogP) is 5.68. The largest absolute Gasteiger partial charge is 0.333 e. The van der Waals surface area contributed by atoms with Gasteiger partial charge in [-0.05, 0) is 23.5 Å². The molecule has 0 aliphatic carbocycles. The minimum absolute atomic E-state index is 0.00542. The van der Waals surface area contributed by atoms with Crippen LogP contribution >= 0.6 is 23.2 Å². The van der Waals surface area contributed by atoms with Gasteiger partial charge in [-0.25, -0.2) is 4.98 Å². The number of pyridine rings is 2. The number of anilines is 2. The lowest BCUT2D eigenvalue weighted by Crippen LogP contribution is -2.08. The van der Waals surface area contributed by atoms with Crippen LogP contribution in [0.3, 0.4) is 0 Å². The first-order valence-electron chi connectivity index (χ1n) is 7.48. The smallest absolute Gasteiger partial charge is 0.313 e. The summed E-state index contributed by atoms with van der Waals surface area (Å²) in [5.74, 6) is 0.383. The lowest BCUT2D eigenvalue weighted by atomic mass is 9.97. The normalized spacial score (nSPS) is 11.2. The molecule has 2 rings (SSSR count). The Hall–Kier alpha value is -1.92. The Balaban J connectivity index is 2.63. The zero-order valence-corrected chi connectivity index (χ0v) is 15.3. The molecule has 0 aliphatic heterocycles. The van der Waals surface area contributed by atoms with E-state index in [9.17, 15) is 10.1 Å². The molecule has 0 fully saturated rings. The fourth-order valence-corrected chi connectivity index (χ4v) is 2.64. The molecule has 0 saturated heterocycles. The van der Waals surface area contributed by atoms with Crippen molar-refractivity contribution in [3.05, 3.63) is 49.9 Å². The van der Waals surface area contributed by atoms with Crippen LogP contribution in [0.1, 0.15) is 50.8 Å². The highest BCUT2D eigenvalue weighted by Crippen LogP contribution is 2.37. The molecule has 8 heteroatoms. The maximum Gasteiger partial charge on any atom is 0.313 e. The summed E-state index contributed by atoms with van der Waals surface area (Å²) >= 11 is 11.8. The van der Waals surface area contributed by atoms with Crippen molar-refractivity contribution < 1.29 is 4.92 Å². The summed E-state index contributed by atoms with van der Waals surface area (Å²) in [7, 11) is 0. The zero-order chi connectivity index (χ0) is 18.0. The van der Waals surface area contributed by atoms with Gasteiger partial charge in [0.2, 0.25) is 5.82 Å². The summed E-state index contributed by atoms with van der Waals surface area (Å²) in [4.78, 5) is 19.2. The molecular weight excluding hydrogens is 351 g/mol. The zero-order valence-electron chi connectivity index (χ0n) is 13.8. The quantitative estimate of drug-likeness (QED) is 0.416. The summed E-state index contributed by atoms with van der Waals surface area (Å²) in [5.41, 5.74) is 2.29. The summed E-state index contributed by atoms with van der Waals surface area (Å²) in [6, 6.07) is 3.09. The van der Waals surface area contributed by atoms with Gasteiger partial charge in [-0.15, -0.1) is 0 Å². The molecule has 0 aliphatic rings. The average Bonchev–Trinajstić information content (AvgIpc) is 2.50. The number of aromatic nitrogens is 2. The number of nitrogens with one attached hydrogen (secondary N) is 1. The first-order valence-corrected chi connectivity index (χ1v) is 8.24. The van der Waals surface area contributed by atoms with Crippen LogP contribution in [-0.4, -0.2) is 14.9 Å². The lowest BCUT2D eigenvalue weighted by Gasteiger charge is -2.19. The van der Waals surface area contributed by atoms with Crippen molar-refractivity contribution in [3.8, 4) is 0 Å². The standard InChI is InChI=1S/C16H18Cl2N4O2/c1-8(2)10-5-6-19-13(9(3)4)14(10)20-16-12(22(23)24)7-11(17)15(18)21-16/h5-9H,1-4H3,(H,20,21). The monoisotopic (exact) mass is 368 g/mol. The molecule has 2 aromatic rings. The number of hydrogen-bond acceptors (Lipinski definition) is 5. The van der Waals surface area contributed by atoms with Gasteiger partial charge in [-0.3, -0.25) is 15.1 Å². The van der Waals surface area contributed by atoms with Crippen molar-refractivity contribution in [2.75, 3.05) is 5.32 Å². The highest BCUT2D eigenvalue weighted by molar-refractivity contribution is 6.41. The van der Waals surface area contributed by atoms with Crippen molar-refractivity contribution in [1.29, 1.82) is 0 Å². The second-order valence-electron chi connectivity index (χ2n) is 5.98. The van der Waals surface area contributed by atoms with Crippen molar-refractivity contribution in [2.24, 2.45) is 0 Å². The van der Waals surface area contributed by atoms with E-state index < -0.39 is 4.92 Å². The van der Waals surface area contributed by atoms with Gasteiger partial charge < -0.3 is 5.32 Å². The van der Waals surface area contributed by atoms with Crippen LogP contribution < -0.4 is 5.32 Å². The number of nitro groups is 1. The molecule has 0 bridgehead atoms. The van der Waals surface area contributed by atoms with Crippen molar-refractivity contribution in [2.45, 2.75) is 39.5 Å². The molecule has 2 aromatic heterocycles. The molecule has 0 aromatic carbocycles. The summed E-state index contributed by atoms with van der Waals surface area (Å²) in [5, 5.41) is 14.4. The molecular formula is C16H18Cl2N4O2. The van der Waals surface area contributed by atoms with Crippen LogP contribution in [0.5, 0.6) is 0 Å². The van der Waals surface area contributed by atoms with Crippen LogP contribution in [0.15, 0.2) is 18.3 Å². The van der Waals surface area contributed by atoms with Gasteiger partial charge in [-0.1, -0.05) is 50.9 Å². The van der Waals surface area contributed by atoms with Gasteiger partial charge in [0.15, 0.2) is 5.15 Å². The van der Waals surface area contributed by atoms with E-state index in [2.05, 4.69) is 15.3 Å². The second-order valence-corrected chi connectivity index (χ2v) is 6.75. The Kier molecular flexibility index (Phi) is 5.62. The molecule has 0 atom stereocenters. The Bertz CT molecular complexity index is 753. The lowest BCUT2D eigenvalue weighted by molar-refractivity contribution is -0.384. The molecule has 0 amide bonds. The van der Waals surface area contributed by atoms with Crippen LogP contribution in [0.4, 0.5) is 17.2 Å². The Morgan fingerprint density at radius 2 is 1.88 bits per heavy atom. The van der Waals surface area contributed by atoms with Crippen LogP contribution in [0, 0.1) is 10.1 Å². The molecule has 0 radical (unpaired) electrons. The Morgan fingerprint density at radius 3 is 2.42 bits per heavy atom. The van der Waals surface area contributed by atoms with E-state index in [1.807, 2.05) is 33.8 Å². The first-order chi connectivity index (χ1) is 11.2. The van der Waals surface area contributed by atoms with E-state index in [0.29, 0.717) is 0 Å². The molecule has 0 saturated carbocycles. The van der Waals surface area contributed by atoms with Crippen molar-refractivity contribution in [1.82, 2.24) is 9.97 Å². The van der Waals surface area contributed by atoms with Gasteiger partial charge in [0.1, 0.15) is 0 Å². The molecule has 6 nitrogen and oxygen atoms in total. The SMILES string of the molecule is CC(C)c1ccnc(C(C)C)c1Nc1nc(Cl)c(Cl)cc1[N+](=O)[O-]. The van der Waals surface area contributed by atoms with E-state index in [1.165, 1.54) is 6.07 Å². The van der Waals surface area contributed by atoms with Crippen LogP contribution in [0.2, 0.25) is 10.2 Å². The first kappa shape index (κ1) is 18.4. The van der Waals surface area contributed by atoms with Gasteiger partial charge in [0, 0.05) is 12.3 Å². The molecule has 0 unspecified atom stereocenters. The van der Waals surface area contributed by atoms with Gasteiger partial charge >= 0.3 is 5.69 Å². The summed E-state index contributed by atoms with van der Waals surface area (Å²) in [6.07, 6.45) is 1.74. The Labute approximate surface area is 150 Å². The fraction of sp³-hybridized carbons (Fsp3) is 0.375. The Morgan fingerprint density at radius 1 is 1.21 bits per heavy atom. The maximum atomic E-state index is 11.3. The molecule has 0 spiro atoms. The number of halogens is 2. The highest BCUT2D eigenvalue weighted by Gasteiger charge is 2.22. The van der Waals surface area contributed by atoms with Gasteiger partial charge in [0.25, 0.3) is 0 Å². The average molecular weight is 369 g/mol. The summed E-state index contributed by atoms with van der Waals surface area (Å²) < 4.78 is 0. The molecule has 1 N–H and O–H groups in total. The minimum atomic E-state index is -0.544. The number of rotatable bonds is 5. The van der Waals surface area contributed by atoms with Crippen LogP contribution in [-0.2, 0) is 0 Å². The number of hydrogen-bond donors (Lipinski definition) is 1.